The van der Waals surface area contributed by atoms with Crippen molar-refractivity contribution in [3.05, 3.63) is 53.2 Å². The first-order valence-electron chi connectivity index (χ1n) is 7.70. The van der Waals surface area contributed by atoms with Crippen molar-refractivity contribution in [1.82, 2.24) is 15.0 Å². The molecule has 3 rings (SSSR count). The largest absolute Gasteiger partial charge is 0.462 e. The number of carbonyl (C=O) groups excluding carboxylic acids is 1. The van der Waals surface area contributed by atoms with Gasteiger partial charge in [-0.25, -0.2) is 14.8 Å². The molecule has 2 aromatic heterocycles. The number of nitrogens with zero attached hydrogens (tertiary/aromatic N) is 3. The zero-order valence-corrected chi connectivity index (χ0v) is 14.6. The molecule has 0 spiro atoms. The molecule has 0 aliphatic rings. The molecule has 0 aliphatic carbocycles. The lowest BCUT2D eigenvalue weighted by Crippen LogP contribution is -2.06. The van der Waals surface area contributed by atoms with Crippen molar-refractivity contribution in [3.8, 4) is 0 Å². The molecule has 0 atom stereocenters. The van der Waals surface area contributed by atoms with E-state index in [-0.39, 0.29) is 5.97 Å². The van der Waals surface area contributed by atoms with Gasteiger partial charge in [-0.3, -0.25) is 0 Å². The number of benzene rings is 1. The van der Waals surface area contributed by atoms with Gasteiger partial charge in [-0.05, 0) is 37.6 Å². The third-order valence-electron chi connectivity index (χ3n) is 3.32. The number of aromatic nitrogens is 3. The van der Waals surface area contributed by atoms with Crippen LogP contribution in [-0.2, 0) is 4.74 Å². The fourth-order valence-corrected chi connectivity index (χ4v) is 2.64. The molecule has 0 aliphatic heterocycles. The van der Waals surface area contributed by atoms with Gasteiger partial charge in [0.15, 0.2) is 5.13 Å². The Labute approximate surface area is 149 Å². The third kappa shape index (κ3) is 4.30. The monoisotopic (exact) mass is 355 g/mol. The molecule has 0 radical (unpaired) electrons. The second kappa shape index (κ2) is 7.71. The molecule has 25 heavy (non-hydrogen) atoms. The first-order valence-corrected chi connectivity index (χ1v) is 8.58. The van der Waals surface area contributed by atoms with Crippen LogP contribution in [0.15, 0.2) is 42.0 Å². The zero-order chi connectivity index (χ0) is 17.6. The number of thiazole rings is 1. The van der Waals surface area contributed by atoms with Gasteiger partial charge >= 0.3 is 5.97 Å². The molecule has 128 valence electrons. The highest BCUT2D eigenvalue weighted by Gasteiger charge is 2.10. The van der Waals surface area contributed by atoms with E-state index in [1.165, 1.54) is 11.3 Å². The molecule has 0 saturated heterocycles. The predicted molar refractivity (Wildman–Crippen MR) is 97.8 cm³/mol. The van der Waals surface area contributed by atoms with Gasteiger partial charge in [0.25, 0.3) is 0 Å². The van der Waals surface area contributed by atoms with Crippen LogP contribution < -0.4 is 10.6 Å². The Hall–Kier alpha value is -3.00. The average molecular weight is 355 g/mol. The summed E-state index contributed by atoms with van der Waals surface area (Å²) in [6.07, 6.45) is 3.37. The SMILES string of the molecule is CCOC(=O)c1ccc(C)c(Nc2nccc(Nc3nccs3)n2)c1. The third-order valence-corrected chi connectivity index (χ3v) is 4.01. The van der Waals surface area contributed by atoms with E-state index >= 15 is 0 Å². The first kappa shape index (κ1) is 16.8. The van der Waals surface area contributed by atoms with E-state index in [0.717, 1.165) is 16.4 Å². The zero-order valence-electron chi connectivity index (χ0n) is 13.8. The molecule has 0 bridgehead atoms. The Morgan fingerprint density at radius 3 is 2.84 bits per heavy atom. The summed E-state index contributed by atoms with van der Waals surface area (Å²) in [5.41, 5.74) is 2.19. The van der Waals surface area contributed by atoms with E-state index in [1.54, 1.807) is 37.5 Å². The summed E-state index contributed by atoms with van der Waals surface area (Å²) in [6, 6.07) is 7.08. The van der Waals surface area contributed by atoms with Gasteiger partial charge < -0.3 is 15.4 Å². The maximum absolute atomic E-state index is 11.9. The number of hydrogen-bond donors (Lipinski definition) is 2. The molecule has 3 aromatic rings. The van der Waals surface area contributed by atoms with E-state index in [9.17, 15) is 4.79 Å². The Morgan fingerprint density at radius 1 is 1.20 bits per heavy atom. The summed E-state index contributed by atoms with van der Waals surface area (Å²) in [5.74, 6) is 0.697. The van der Waals surface area contributed by atoms with E-state index in [2.05, 4.69) is 25.6 Å². The van der Waals surface area contributed by atoms with Gasteiger partial charge in [-0.15, -0.1) is 11.3 Å². The smallest absolute Gasteiger partial charge is 0.338 e. The van der Waals surface area contributed by atoms with E-state index in [1.807, 2.05) is 18.4 Å². The Kier molecular flexibility index (Phi) is 5.20. The van der Waals surface area contributed by atoms with Gasteiger partial charge in [-0.1, -0.05) is 6.07 Å². The summed E-state index contributed by atoms with van der Waals surface area (Å²) in [7, 11) is 0. The number of esters is 1. The highest BCUT2D eigenvalue weighted by molar-refractivity contribution is 7.13. The molecule has 0 saturated carbocycles. The quantitative estimate of drug-likeness (QED) is 0.648. The number of hydrogen-bond acceptors (Lipinski definition) is 8. The first-order chi connectivity index (χ1) is 12.2. The minimum Gasteiger partial charge on any atom is -0.462 e. The minimum atomic E-state index is -0.356. The van der Waals surface area contributed by atoms with Crippen molar-refractivity contribution in [2.24, 2.45) is 0 Å². The van der Waals surface area contributed by atoms with Crippen LogP contribution in [0.4, 0.5) is 22.6 Å². The standard InChI is InChI=1S/C17H17N5O2S/c1-3-24-15(23)12-5-4-11(2)13(10-12)20-16-18-7-6-14(21-16)22-17-19-8-9-25-17/h4-10H,3H2,1-2H3,(H2,18,19,20,21,22). The fraction of sp³-hybridized carbons (Fsp3) is 0.176. The summed E-state index contributed by atoms with van der Waals surface area (Å²) in [6.45, 7) is 4.05. The topological polar surface area (TPSA) is 89.0 Å². The number of carbonyl (C=O) groups is 1. The normalized spacial score (nSPS) is 10.3. The molecule has 0 fully saturated rings. The van der Waals surface area contributed by atoms with Crippen LogP contribution >= 0.6 is 11.3 Å². The van der Waals surface area contributed by atoms with Crippen molar-refractivity contribution >= 4 is 39.9 Å². The van der Waals surface area contributed by atoms with Crippen molar-refractivity contribution < 1.29 is 9.53 Å². The predicted octanol–water partition coefficient (Wildman–Crippen LogP) is 3.91. The van der Waals surface area contributed by atoms with Gasteiger partial charge in [0.1, 0.15) is 5.82 Å². The van der Waals surface area contributed by atoms with E-state index in [4.69, 9.17) is 4.74 Å². The maximum atomic E-state index is 11.9. The number of nitrogens with one attached hydrogen (secondary N) is 2. The highest BCUT2D eigenvalue weighted by atomic mass is 32.1. The summed E-state index contributed by atoms with van der Waals surface area (Å²) >= 11 is 1.49. The van der Waals surface area contributed by atoms with Crippen LogP contribution in [0.1, 0.15) is 22.8 Å². The van der Waals surface area contributed by atoms with Crippen molar-refractivity contribution in [3.63, 3.8) is 0 Å². The lowest BCUT2D eigenvalue weighted by molar-refractivity contribution is 0.0526. The number of rotatable bonds is 6. The summed E-state index contributed by atoms with van der Waals surface area (Å²) in [4.78, 5) is 24.7. The van der Waals surface area contributed by atoms with E-state index in [0.29, 0.717) is 23.9 Å². The number of ether oxygens (including phenoxy) is 1. The Morgan fingerprint density at radius 2 is 2.08 bits per heavy atom. The molecular weight excluding hydrogens is 338 g/mol. The van der Waals surface area contributed by atoms with Gasteiger partial charge in [0, 0.05) is 23.5 Å². The van der Waals surface area contributed by atoms with Crippen molar-refractivity contribution in [2.45, 2.75) is 13.8 Å². The van der Waals surface area contributed by atoms with Gasteiger partial charge in [0.05, 0.1) is 12.2 Å². The van der Waals surface area contributed by atoms with Gasteiger partial charge in [-0.2, -0.15) is 4.98 Å². The lowest BCUT2D eigenvalue weighted by Gasteiger charge is -2.11. The number of anilines is 4. The van der Waals surface area contributed by atoms with E-state index < -0.39 is 0 Å². The van der Waals surface area contributed by atoms with Crippen LogP contribution in [0.3, 0.4) is 0 Å². The van der Waals surface area contributed by atoms with Gasteiger partial charge in [0.2, 0.25) is 5.95 Å². The molecule has 2 N–H and O–H groups in total. The van der Waals surface area contributed by atoms with Crippen LogP contribution in [0.25, 0.3) is 0 Å². The lowest BCUT2D eigenvalue weighted by atomic mass is 10.1. The second-order valence-corrected chi connectivity index (χ2v) is 6.00. The summed E-state index contributed by atoms with van der Waals surface area (Å²) in [5, 5.41) is 8.89. The molecule has 1 aromatic carbocycles. The minimum absolute atomic E-state index is 0.336. The summed E-state index contributed by atoms with van der Waals surface area (Å²) < 4.78 is 5.04. The molecule has 2 heterocycles. The molecule has 0 amide bonds. The molecule has 0 unspecified atom stereocenters. The molecular formula is C17H17N5O2S. The second-order valence-electron chi connectivity index (χ2n) is 5.10. The van der Waals surface area contributed by atoms with Crippen molar-refractivity contribution in [2.75, 3.05) is 17.2 Å². The molecule has 8 heteroatoms. The van der Waals surface area contributed by atoms with Crippen LogP contribution in [-0.4, -0.2) is 27.5 Å². The van der Waals surface area contributed by atoms with Crippen molar-refractivity contribution in [1.29, 1.82) is 0 Å². The van der Waals surface area contributed by atoms with Crippen LogP contribution in [0.2, 0.25) is 0 Å². The highest BCUT2D eigenvalue weighted by Crippen LogP contribution is 2.22. The molecule has 7 nitrogen and oxygen atoms in total. The number of aryl methyl sites for hydroxylation is 1. The average Bonchev–Trinajstić information content (AvgIpc) is 3.10. The Balaban J connectivity index is 1.80. The van der Waals surface area contributed by atoms with Crippen LogP contribution in [0, 0.1) is 6.92 Å². The maximum Gasteiger partial charge on any atom is 0.338 e. The fourth-order valence-electron chi connectivity index (χ4n) is 2.10. The van der Waals surface area contributed by atoms with Crippen LogP contribution in [0.5, 0.6) is 0 Å². The Bertz CT molecular complexity index is 867.